The number of nitrogens with zero attached hydrogens (tertiary/aromatic N) is 1. The Kier molecular flexibility index (Phi) is 7.91. The molecule has 0 aromatic heterocycles. The molecule has 4 N–H and O–H groups in total. The number of halogens is 2. The van der Waals surface area contributed by atoms with Gasteiger partial charge in [-0.2, -0.15) is 0 Å². The Morgan fingerprint density at radius 1 is 1.16 bits per heavy atom. The molecular formula is C22H27F2N3O4. The number of carbonyl (C=O) groups excluding carboxylic acids is 1. The average Bonchev–Trinajstić information content (AvgIpc) is 3.08. The van der Waals surface area contributed by atoms with E-state index in [9.17, 15) is 23.8 Å². The summed E-state index contributed by atoms with van der Waals surface area (Å²) < 4.78 is 32.5. The van der Waals surface area contributed by atoms with E-state index < -0.39 is 42.0 Å². The zero-order valence-corrected chi connectivity index (χ0v) is 17.2. The van der Waals surface area contributed by atoms with Gasteiger partial charge in [0.1, 0.15) is 23.8 Å². The number of anilines is 1. The third-order valence-electron chi connectivity index (χ3n) is 5.39. The fourth-order valence-electron chi connectivity index (χ4n) is 3.74. The summed E-state index contributed by atoms with van der Waals surface area (Å²) in [4.78, 5) is 14.1. The predicted molar refractivity (Wildman–Crippen MR) is 112 cm³/mol. The van der Waals surface area contributed by atoms with Gasteiger partial charge in [0.05, 0.1) is 24.4 Å². The number of likely N-dealkylation sites (N-methyl/N-ethyl adjacent to an activating group) is 1. The fourth-order valence-corrected chi connectivity index (χ4v) is 3.74. The number of amides is 2. The lowest BCUT2D eigenvalue weighted by atomic mass is 10.0. The highest BCUT2D eigenvalue weighted by Gasteiger charge is 2.45. The summed E-state index contributed by atoms with van der Waals surface area (Å²) >= 11 is 0. The van der Waals surface area contributed by atoms with Crippen molar-refractivity contribution < 1.29 is 28.5 Å². The molecule has 0 radical (unpaired) electrons. The van der Waals surface area contributed by atoms with Gasteiger partial charge >= 0.3 is 6.03 Å². The Bertz CT molecular complexity index is 871. The maximum absolute atomic E-state index is 13.7. The first kappa shape index (κ1) is 23.1. The molecule has 3 rings (SSSR count). The van der Waals surface area contributed by atoms with Gasteiger partial charge in [0, 0.05) is 19.2 Å². The molecule has 0 bridgehead atoms. The summed E-state index contributed by atoms with van der Waals surface area (Å²) in [6.07, 6.45) is -1.53. The summed E-state index contributed by atoms with van der Waals surface area (Å²) in [6.45, 7) is 0.312. The van der Waals surface area contributed by atoms with Gasteiger partial charge in [-0.05, 0) is 31.2 Å². The van der Waals surface area contributed by atoms with E-state index in [4.69, 9.17) is 4.74 Å². The maximum atomic E-state index is 13.7. The number of aliphatic hydroxyl groups excluding tert-OH is 2. The van der Waals surface area contributed by atoms with E-state index in [2.05, 4.69) is 10.6 Å². The van der Waals surface area contributed by atoms with Crippen molar-refractivity contribution in [2.75, 3.05) is 32.1 Å². The number of benzene rings is 2. The Labute approximate surface area is 179 Å². The molecule has 0 spiro atoms. The normalized spacial score (nSPS) is 23.2. The van der Waals surface area contributed by atoms with Gasteiger partial charge in [-0.25, -0.2) is 13.6 Å². The molecule has 4 atom stereocenters. The van der Waals surface area contributed by atoms with Gasteiger partial charge in [0.15, 0.2) is 0 Å². The quantitative estimate of drug-likeness (QED) is 0.507. The van der Waals surface area contributed by atoms with Gasteiger partial charge in [-0.3, -0.25) is 4.90 Å². The van der Waals surface area contributed by atoms with Crippen LogP contribution in [0.15, 0.2) is 48.5 Å². The van der Waals surface area contributed by atoms with Crippen LogP contribution in [0.1, 0.15) is 5.56 Å². The number of hydrogen-bond acceptors (Lipinski definition) is 5. The van der Waals surface area contributed by atoms with Crippen LogP contribution in [0.3, 0.4) is 0 Å². The van der Waals surface area contributed by atoms with Crippen molar-refractivity contribution in [3.05, 3.63) is 65.7 Å². The first-order valence-electron chi connectivity index (χ1n) is 10.1. The molecule has 7 nitrogen and oxygen atoms in total. The molecule has 31 heavy (non-hydrogen) atoms. The van der Waals surface area contributed by atoms with Crippen molar-refractivity contribution in [3.8, 4) is 0 Å². The van der Waals surface area contributed by atoms with E-state index in [0.717, 1.165) is 24.1 Å². The highest BCUT2D eigenvalue weighted by molar-refractivity contribution is 5.89. The molecule has 1 saturated heterocycles. The number of nitrogens with one attached hydrogen (secondary N) is 2. The fraction of sp³-hybridized carbons (Fsp3) is 0.409. The van der Waals surface area contributed by atoms with E-state index in [1.54, 1.807) is 0 Å². The second kappa shape index (κ2) is 10.6. The molecule has 0 aliphatic carbocycles. The van der Waals surface area contributed by atoms with E-state index in [1.165, 1.54) is 0 Å². The van der Waals surface area contributed by atoms with Crippen LogP contribution in [0.4, 0.5) is 19.3 Å². The minimum atomic E-state index is -0.935. The Morgan fingerprint density at radius 3 is 2.58 bits per heavy atom. The zero-order valence-electron chi connectivity index (χ0n) is 17.2. The van der Waals surface area contributed by atoms with Crippen molar-refractivity contribution >= 4 is 11.7 Å². The summed E-state index contributed by atoms with van der Waals surface area (Å²) in [6, 6.07) is 11.6. The average molecular weight is 435 g/mol. The van der Waals surface area contributed by atoms with Gasteiger partial charge in [0.25, 0.3) is 0 Å². The van der Waals surface area contributed by atoms with Crippen molar-refractivity contribution in [2.45, 2.75) is 30.8 Å². The Morgan fingerprint density at radius 2 is 1.90 bits per heavy atom. The summed E-state index contributed by atoms with van der Waals surface area (Å²) in [7, 11) is 1.85. The number of rotatable bonds is 8. The standard InChI is InChI=1S/C22H27F2N3O4/c1-27(10-9-14-5-3-2-4-6-14)20-18(31-19(13-28)21(20)29)12-25-22(30)26-17-8-7-15(23)11-16(17)24/h2-8,11,18-21,28-29H,9-10,12-13H2,1H3,(H2,25,26,30)/t18-,19+,20+,21-/m1/s1. The second-order valence-electron chi connectivity index (χ2n) is 7.55. The number of hydrogen-bond donors (Lipinski definition) is 4. The van der Waals surface area contributed by atoms with Crippen LogP contribution in [0.5, 0.6) is 0 Å². The van der Waals surface area contributed by atoms with E-state index in [1.807, 2.05) is 42.3 Å². The van der Waals surface area contributed by atoms with Crippen LogP contribution in [0.25, 0.3) is 0 Å². The third kappa shape index (κ3) is 5.98. The first-order chi connectivity index (χ1) is 14.9. The largest absolute Gasteiger partial charge is 0.394 e. The highest BCUT2D eigenvalue weighted by Crippen LogP contribution is 2.25. The number of ether oxygens (including phenoxy) is 1. The van der Waals surface area contributed by atoms with E-state index in [0.29, 0.717) is 12.6 Å². The smallest absolute Gasteiger partial charge is 0.319 e. The van der Waals surface area contributed by atoms with Gasteiger partial charge in [-0.1, -0.05) is 30.3 Å². The minimum absolute atomic E-state index is 0.0303. The van der Waals surface area contributed by atoms with Crippen LogP contribution in [0, 0.1) is 11.6 Å². The summed E-state index contributed by atoms with van der Waals surface area (Å²) in [5.74, 6) is -1.63. The molecule has 2 amide bonds. The Hall–Kier alpha value is -2.59. The summed E-state index contributed by atoms with van der Waals surface area (Å²) in [5, 5.41) is 25.0. The SMILES string of the molecule is CN(CCc1ccccc1)[C@@H]1[C@H](O)[C@H](CO)O[C@@H]1CNC(=O)Nc1ccc(F)cc1F. The van der Waals surface area contributed by atoms with Crippen molar-refractivity contribution in [1.82, 2.24) is 10.2 Å². The van der Waals surface area contributed by atoms with Crippen LogP contribution >= 0.6 is 0 Å². The van der Waals surface area contributed by atoms with Crippen LogP contribution in [-0.4, -0.2) is 72.2 Å². The lowest BCUT2D eigenvalue weighted by Crippen LogP contribution is -2.50. The molecule has 9 heteroatoms. The lowest BCUT2D eigenvalue weighted by molar-refractivity contribution is -0.0205. The molecule has 1 aliphatic rings. The number of aliphatic hydroxyl groups is 2. The zero-order chi connectivity index (χ0) is 22.4. The molecule has 2 aromatic rings. The van der Waals surface area contributed by atoms with E-state index >= 15 is 0 Å². The molecule has 2 aromatic carbocycles. The minimum Gasteiger partial charge on any atom is -0.394 e. The molecule has 1 aliphatic heterocycles. The van der Waals surface area contributed by atoms with Crippen molar-refractivity contribution in [3.63, 3.8) is 0 Å². The molecule has 0 unspecified atom stereocenters. The second-order valence-corrected chi connectivity index (χ2v) is 7.55. The van der Waals surface area contributed by atoms with Crippen LogP contribution in [-0.2, 0) is 11.2 Å². The monoisotopic (exact) mass is 435 g/mol. The van der Waals surface area contributed by atoms with E-state index in [-0.39, 0.29) is 18.8 Å². The number of urea groups is 1. The van der Waals surface area contributed by atoms with Crippen molar-refractivity contribution in [2.24, 2.45) is 0 Å². The first-order valence-corrected chi connectivity index (χ1v) is 10.1. The molecule has 1 heterocycles. The molecule has 1 fully saturated rings. The molecule has 0 saturated carbocycles. The van der Waals surface area contributed by atoms with Crippen LogP contribution in [0.2, 0.25) is 0 Å². The van der Waals surface area contributed by atoms with Crippen LogP contribution < -0.4 is 10.6 Å². The molecule has 168 valence electrons. The van der Waals surface area contributed by atoms with Gasteiger partial charge in [-0.15, -0.1) is 0 Å². The number of carbonyl (C=O) groups is 1. The lowest BCUT2D eigenvalue weighted by Gasteiger charge is -2.30. The third-order valence-corrected chi connectivity index (χ3v) is 5.39. The van der Waals surface area contributed by atoms with Gasteiger partial charge < -0.3 is 25.6 Å². The van der Waals surface area contributed by atoms with Gasteiger partial charge in [0.2, 0.25) is 0 Å². The molecular weight excluding hydrogens is 408 g/mol. The highest BCUT2D eigenvalue weighted by atomic mass is 19.1. The van der Waals surface area contributed by atoms with Crippen molar-refractivity contribution in [1.29, 1.82) is 0 Å². The Balaban J connectivity index is 1.58. The maximum Gasteiger partial charge on any atom is 0.319 e. The predicted octanol–water partition coefficient (Wildman–Crippen LogP) is 1.75. The summed E-state index contributed by atoms with van der Waals surface area (Å²) in [5.41, 5.74) is 0.993. The topological polar surface area (TPSA) is 94.1 Å².